The van der Waals surface area contributed by atoms with Crippen LogP contribution in [0.2, 0.25) is 0 Å². The summed E-state index contributed by atoms with van der Waals surface area (Å²) in [6.45, 7) is 1.06. The third-order valence-corrected chi connectivity index (χ3v) is 4.25. The number of carbonyl (C=O) groups is 2. The summed E-state index contributed by atoms with van der Waals surface area (Å²) in [6.07, 6.45) is 1.28. The maximum atomic E-state index is 12.2. The lowest BCUT2D eigenvalue weighted by Crippen LogP contribution is -2.27. The minimum Gasteiger partial charge on any atom is -0.497 e. The molecule has 2 amide bonds. The SMILES string of the molecule is COc1ccc(CNC(=O)c2ccc(NC(=O)C3CCCO3)cc2)cc1. The fourth-order valence-corrected chi connectivity index (χ4v) is 2.74. The van der Waals surface area contributed by atoms with Crippen LogP contribution in [0, 0.1) is 0 Å². The van der Waals surface area contributed by atoms with Crippen molar-refractivity contribution in [1.29, 1.82) is 0 Å². The number of ether oxygens (including phenoxy) is 2. The molecule has 136 valence electrons. The van der Waals surface area contributed by atoms with E-state index >= 15 is 0 Å². The number of anilines is 1. The second-order valence-electron chi connectivity index (χ2n) is 6.10. The van der Waals surface area contributed by atoms with E-state index in [2.05, 4.69) is 10.6 Å². The first kappa shape index (κ1) is 17.9. The Morgan fingerprint density at radius 3 is 2.46 bits per heavy atom. The van der Waals surface area contributed by atoms with Crippen molar-refractivity contribution in [2.24, 2.45) is 0 Å². The van der Waals surface area contributed by atoms with Crippen molar-refractivity contribution in [3.8, 4) is 5.75 Å². The lowest BCUT2D eigenvalue weighted by atomic mass is 10.1. The summed E-state index contributed by atoms with van der Waals surface area (Å²) in [5.74, 6) is 0.470. The molecule has 0 spiro atoms. The van der Waals surface area contributed by atoms with E-state index < -0.39 is 0 Å². The van der Waals surface area contributed by atoms with Gasteiger partial charge in [0, 0.05) is 24.4 Å². The Morgan fingerprint density at radius 2 is 1.85 bits per heavy atom. The number of hydrogen-bond acceptors (Lipinski definition) is 4. The first-order valence-corrected chi connectivity index (χ1v) is 8.59. The Labute approximate surface area is 152 Å². The highest BCUT2D eigenvalue weighted by Gasteiger charge is 2.23. The quantitative estimate of drug-likeness (QED) is 0.836. The molecule has 0 aromatic heterocycles. The van der Waals surface area contributed by atoms with Crippen LogP contribution in [0.25, 0.3) is 0 Å². The standard InChI is InChI=1S/C20H22N2O4/c1-25-17-10-4-14(5-11-17)13-21-19(23)15-6-8-16(9-7-15)22-20(24)18-3-2-12-26-18/h4-11,18H,2-3,12-13H2,1H3,(H,21,23)(H,22,24). The molecule has 2 aromatic rings. The summed E-state index contributed by atoms with van der Waals surface area (Å²) in [7, 11) is 1.61. The van der Waals surface area contributed by atoms with E-state index in [4.69, 9.17) is 9.47 Å². The molecule has 2 N–H and O–H groups in total. The van der Waals surface area contributed by atoms with Gasteiger partial charge in [0.25, 0.3) is 11.8 Å². The predicted molar refractivity (Wildman–Crippen MR) is 98.2 cm³/mol. The highest BCUT2D eigenvalue weighted by molar-refractivity contribution is 5.96. The van der Waals surface area contributed by atoms with Gasteiger partial charge in [-0.05, 0) is 54.8 Å². The number of amides is 2. The van der Waals surface area contributed by atoms with Crippen LogP contribution in [0.4, 0.5) is 5.69 Å². The zero-order valence-electron chi connectivity index (χ0n) is 14.7. The third kappa shape index (κ3) is 4.61. The number of nitrogens with one attached hydrogen (secondary N) is 2. The number of benzene rings is 2. The van der Waals surface area contributed by atoms with E-state index in [0.717, 1.165) is 24.2 Å². The Bertz CT molecular complexity index is 750. The van der Waals surface area contributed by atoms with Crippen LogP contribution in [0.3, 0.4) is 0 Å². The largest absolute Gasteiger partial charge is 0.497 e. The molecule has 0 aliphatic carbocycles. The Balaban J connectivity index is 1.52. The van der Waals surface area contributed by atoms with Crippen LogP contribution in [0.1, 0.15) is 28.8 Å². The molecule has 1 unspecified atom stereocenters. The van der Waals surface area contributed by atoms with Crippen LogP contribution >= 0.6 is 0 Å². The van der Waals surface area contributed by atoms with Gasteiger partial charge in [0.05, 0.1) is 7.11 Å². The molecule has 0 bridgehead atoms. The lowest BCUT2D eigenvalue weighted by Gasteiger charge is -2.11. The highest BCUT2D eigenvalue weighted by Crippen LogP contribution is 2.16. The topological polar surface area (TPSA) is 76.7 Å². The average molecular weight is 354 g/mol. The fourth-order valence-electron chi connectivity index (χ4n) is 2.74. The zero-order chi connectivity index (χ0) is 18.4. The summed E-state index contributed by atoms with van der Waals surface area (Å²) in [5, 5.41) is 5.68. The van der Waals surface area contributed by atoms with Crippen LogP contribution in [0.15, 0.2) is 48.5 Å². The molecule has 26 heavy (non-hydrogen) atoms. The molecule has 0 saturated carbocycles. The van der Waals surface area contributed by atoms with Crippen molar-refractivity contribution in [1.82, 2.24) is 5.32 Å². The van der Waals surface area contributed by atoms with Crippen LogP contribution in [0.5, 0.6) is 5.75 Å². The minimum absolute atomic E-state index is 0.140. The lowest BCUT2D eigenvalue weighted by molar-refractivity contribution is -0.124. The summed E-state index contributed by atoms with van der Waals surface area (Å²) in [5.41, 5.74) is 2.17. The molecular weight excluding hydrogens is 332 g/mol. The first-order valence-electron chi connectivity index (χ1n) is 8.59. The summed E-state index contributed by atoms with van der Waals surface area (Å²) >= 11 is 0. The number of rotatable bonds is 6. The second-order valence-corrected chi connectivity index (χ2v) is 6.10. The van der Waals surface area contributed by atoms with Crippen LogP contribution in [-0.2, 0) is 16.1 Å². The van der Waals surface area contributed by atoms with Gasteiger partial charge in [-0.2, -0.15) is 0 Å². The van der Waals surface area contributed by atoms with E-state index in [9.17, 15) is 9.59 Å². The molecule has 1 fully saturated rings. The van der Waals surface area contributed by atoms with E-state index in [1.807, 2.05) is 24.3 Å². The maximum absolute atomic E-state index is 12.2. The van der Waals surface area contributed by atoms with Crippen molar-refractivity contribution >= 4 is 17.5 Å². The van der Waals surface area contributed by atoms with Crippen molar-refractivity contribution in [2.45, 2.75) is 25.5 Å². The van der Waals surface area contributed by atoms with E-state index in [0.29, 0.717) is 24.4 Å². The highest BCUT2D eigenvalue weighted by atomic mass is 16.5. The number of carbonyl (C=O) groups excluding carboxylic acids is 2. The van der Waals surface area contributed by atoms with E-state index in [1.165, 1.54) is 0 Å². The molecule has 6 heteroatoms. The molecule has 0 radical (unpaired) electrons. The van der Waals surface area contributed by atoms with Gasteiger partial charge in [0.1, 0.15) is 11.9 Å². The molecule has 6 nitrogen and oxygen atoms in total. The number of methoxy groups -OCH3 is 1. The molecule has 1 aliphatic rings. The van der Waals surface area contributed by atoms with Gasteiger partial charge in [-0.25, -0.2) is 0 Å². The van der Waals surface area contributed by atoms with Gasteiger partial charge in [-0.1, -0.05) is 12.1 Å². The Morgan fingerprint density at radius 1 is 1.12 bits per heavy atom. The fraction of sp³-hybridized carbons (Fsp3) is 0.300. The Kier molecular flexibility index (Phi) is 5.86. The molecule has 2 aromatic carbocycles. The van der Waals surface area contributed by atoms with E-state index in [-0.39, 0.29) is 17.9 Å². The molecule has 3 rings (SSSR count). The summed E-state index contributed by atoms with van der Waals surface area (Å²) in [4.78, 5) is 24.3. The van der Waals surface area contributed by atoms with Gasteiger partial charge in [-0.15, -0.1) is 0 Å². The normalized spacial score (nSPS) is 16.1. The average Bonchev–Trinajstić information content (AvgIpc) is 3.22. The van der Waals surface area contributed by atoms with Gasteiger partial charge in [0.2, 0.25) is 0 Å². The third-order valence-electron chi connectivity index (χ3n) is 4.25. The van der Waals surface area contributed by atoms with Crippen molar-refractivity contribution in [2.75, 3.05) is 19.0 Å². The molecule has 1 atom stereocenters. The molecule has 1 saturated heterocycles. The van der Waals surface area contributed by atoms with Crippen LogP contribution in [-0.4, -0.2) is 31.6 Å². The van der Waals surface area contributed by atoms with Gasteiger partial charge >= 0.3 is 0 Å². The van der Waals surface area contributed by atoms with E-state index in [1.54, 1.807) is 31.4 Å². The van der Waals surface area contributed by atoms with Gasteiger partial charge < -0.3 is 20.1 Å². The summed E-state index contributed by atoms with van der Waals surface area (Å²) < 4.78 is 10.5. The maximum Gasteiger partial charge on any atom is 0.253 e. The Hall–Kier alpha value is -2.86. The predicted octanol–water partition coefficient (Wildman–Crippen LogP) is 2.74. The summed E-state index contributed by atoms with van der Waals surface area (Å²) in [6, 6.07) is 14.3. The van der Waals surface area contributed by atoms with Crippen molar-refractivity contribution in [3.05, 3.63) is 59.7 Å². The monoisotopic (exact) mass is 354 g/mol. The zero-order valence-corrected chi connectivity index (χ0v) is 14.7. The number of hydrogen-bond donors (Lipinski definition) is 2. The van der Waals surface area contributed by atoms with Gasteiger partial charge in [-0.3, -0.25) is 9.59 Å². The van der Waals surface area contributed by atoms with Gasteiger partial charge in [0.15, 0.2) is 0 Å². The van der Waals surface area contributed by atoms with Crippen molar-refractivity contribution in [3.63, 3.8) is 0 Å². The molecular formula is C20H22N2O4. The first-order chi connectivity index (χ1) is 12.7. The second kappa shape index (κ2) is 8.49. The molecule has 1 heterocycles. The minimum atomic E-state index is -0.373. The van der Waals surface area contributed by atoms with Crippen molar-refractivity contribution < 1.29 is 19.1 Å². The molecule has 1 aliphatic heterocycles. The van der Waals surface area contributed by atoms with Crippen LogP contribution < -0.4 is 15.4 Å². The smallest absolute Gasteiger partial charge is 0.253 e.